The summed E-state index contributed by atoms with van der Waals surface area (Å²) in [5.74, 6) is 1.53. The van der Waals surface area contributed by atoms with Crippen LogP contribution in [0.15, 0.2) is 6.33 Å². The first-order valence-corrected chi connectivity index (χ1v) is 7.42. The van der Waals surface area contributed by atoms with E-state index in [0.29, 0.717) is 0 Å². The number of nitrogens with zero attached hydrogens (tertiary/aromatic N) is 2. The highest BCUT2D eigenvalue weighted by atomic mass is 16.1. The summed E-state index contributed by atoms with van der Waals surface area (Å²) in [6.07, 6.45) is 2.80. The number of primary amides is 1. The zero-order valence-electron chi connectivity index (χ0n) is 13.7. The first-order chi connectivity index (χ1) is 9.76. The predicted molar refractivity (Wildman–Crippen MR) is 86.4 cm³/mol. The molecule has 0 aliphatic heterocycles. The Balaban J connectivity index is 3.08. The molecule has 0 saturated carbocycles. The first-order valence-electron chi connectivity index (χ1n) is 7.42. The maximum absolute atomic E-state index is 11.2. The van der Waals surface area contributed by atoms with Gasteiger partial charge in [-0.1, -0.05) is 20.8 Å². The fourth-order valence-electron chi connectivity index (χ4n) is 2.23. The third kappa shape index (κ3) is 5.21. The standard InChI is InChI=1S/C15H27N5O/c1-6-7-17-13-12(10(2)3)14(19-9-18-13)20-15(4,5)8-11(16)21/h9-10H,6-8H2,1-5H3,(H2,16,21)(H2,17,18,19,20). The van der Waals surface area contributed by atoms with Crippen molar-refractivity contribution in [2.24, 2.45) is 5.73 Å². The Bertz CT molecular complexity index is 485. The molecule has 0 radical (unpaired) electrons. The van der Waals surface area contributed by atoms with Crippen LogP contribution in [0.1, 0.15) is 58.9 Å². The molecule has 0 bridgehead atoms. The number of hydrogen-bond acceptors (Lipinski definition) is 5. The fourth-order valence-corrected chi connectivity index (χ4v) is 2.23. The van der Waals surface area contributed by atoms with Gasteiger partial charge in [-0.05, 0) is 26.2 Å². The van der Waals surface area contributed by atoms with E-state index >= 15 is 0 Å². The van der Waals surface area contributed by atoms with Gasteiger partial charge >= 0.3 is 0 Å². The topological polar surface area (TPSA) is 92.9 Å². The van der Waals surface area contributed by atoms with Crippen molar-refractivity contribution in [2.75, 3.05) is 17.2 Å². The van der Waals surface area contributed by atoms with E-state index < -0.39 is 5.54 Å². The number of nitrogens with one attached hydrogen (secondary N) is 2. The van der Waals surface area contributed by atoms with E-state index in [0.717, 1.165) is 30.2 Å². The molecule has 4 N–H and O–H groups in total. The van der Waals surface area contributed by atoms with Crippen molar-refractivity contribution in [3.05, 3.63) is 11.9 Å². The third-order valence-electron chi connectivity index (χ3n) is 3.08. The molecule has 0 saturated heterocycles. The van der Waals surface area contributed by atoms with E-state index in [2.05, 4.69) is 41.4 Å². The number of amides is 1. The van der Waals surface area contributed by atoms with Crippen LogP contribution in [0.25, 0.3) is 0 Å². The smallest absolute Gasteiger partial charge is 0.219 e. The van der Waals surface area contributed by atoms with Gasteiger partial charge in [0.1, 0.15) is 18.0 Å². The molecule has 1 aromatic rings. The fraction of sp³-hybridized carbons (Fsp3) is 0.667. The maximum atomic E-state index is 11.2. The number of rotatable bonds is 8. The monoisotopic (exact) mass is 293 g/mol. The summed E-state index contributed by atoms with van der Waals surface area (Å²) in [5, 5.41) is 6.65. The van der Waals surface area contributed by atoms with E-state index in [1.54, 1.807) is 0 Å². The summed E-state index contributed by atoms with van der Waals surface area (Å²) in [6.45, 7) is 11.0. The molecule has 0 aliphatic carbocycles. The van der Waals surface area contributed by atoms with E-state index in [9.17, 15) is 4.79 Å². The number of aromatic nitrogens is 2. The quantitative estimate of drug-likeness (QED) is 0.684. The second kappa shape index (κ2) is 7.24. The van der Waals surface area contributed by atoms with Crippen LogP contribution in [0.2, 0.25) is 0 Å². The molecule has 0 atom stereocenters. The van der Waals surface area contributed by atoms with Gasteiger partial charge in [0.05, 0.1) is 0 Å². The first kappa shape index (κ1) is 17.2. The summed E-state index contributed by atoms with van der Waals surface area (Å²) in [5.41, 5.74) is 5.88. The van der Waals surface area contributed by atoms with Gasteiger partial charge in [-0.3, -0.25) is 4.79 Å². The van der Waals surface area contributed by atoms with Gasteiger partial charge in [0.15, 0.2) is 0 Å². The van der Waals surface area contributed by atoms with Crippen LogP contribution in [0, 0.1) is 0 Å². The Morgan fingerprint density at radius 3 is 2.48 bits per heavy atom. The highest BCUT2D eigenvalue weighted by Gasteiger charge is 2.24. The third-order valence-corrected chi connectivity index (χ3v) is 3.08. The summed E-state index contributed by atoms with van der Waals surface area (Å²) < 4.78 is 0. The summed E-state index contributed by atoms with van der Waals surface area (Å²) >= 11 is 0. The molecule has 0 fully saturated rings. The Labute approximate surface area is 126 Å². The maximum Gasteiger partial charge on any atom is 0.219 e. The second-order valence-electron chi connectivity index (χ2n) is 6.22. The molecule has 6 heteroatoms. The van der Waals surface area contributed by atoms with Gasteiger partial charge in [0, 0.05) is 24.1 Å². The van der Waals surface area contributed by atoms with Gasteiger partial charge in [0.25, 0.3) is 0 Å². The van der Waals surface area contributed by atoms with Gasteiger partial charge in [0.2, 0.25) is 5.91 Å². The summed E-state index contributed by atoms with van der Waals surface area (Å²) in [4.78, 5) is 19.9. The van der Waals surface area contributed by atoms with Crippen LogP contribution < -0.4 is 16.4 Å². The normalized spacial score (nSPS) is 11.5. The number of anilines is 2. The molecule has 0 aliphatic rings. The molecule has 0 aromatic carbocycles. The number of nitrogens with two attached hydrogens (primary N) is 1. The average Bonchev–Trinajstić information content (AvgIpc) is 2.33. The van der Waals surface area contributed by atoms with Crippen LogP contribution in [-0.2, 0) is 4.79 Å². The number of carbonyl (C=O) groups is 1. The molecule has 1 aromatic heterocycles. The van der Waals surface area contributed by atoms with E-state index in [1.165, 1.54) is 6.33 Å². The van der Waals surface area contributed by atoms with Gasteiger partial charge in [-0.25, -0.2) is 9.97 Å². The molecule has 1 amide bonds. The van der Waals surface area contributed by atoms with Crippen LogP contribution in [0.3, 0.4) is 0 Å². The van der Waals surface area contributed by atoms with Gasteiger partial charge < -0.3 is 16.4 Å². The molecule has 0 spiro atoms. The molecule has 21 heavy (non-hydrogen) atoms. The largest absolute Gasteiger partial charge is 0.370 e. The molecule has 0 unspecified atom stereocenters. The number of hydrogen-bond donors (Lipinski definition) is 3. The Morgan fingerprint density at radius 1 is 1.33 bits per heavy atom. The van der Waals surface area contributed by atoms with Gasteiger partial charge in [-0.2, -0.15) is 0 Å². The van der Waals surface area contributed by atoms with Crippen LogP contribution in [-0.4, -0.2) is 28.0 Å². The minimum Gasteiger partial charge on any atom is -0.370 e. The van der Waals surface area contributed by atoms with Crippen molar-refractivity contribution in [1.82, 2.24) is 9.97 Å². The predicted octanol–water partition coefficient (Wildman–Crippen LogP) is 2.49. The molecular weight excluding hydrogens is 266 g/mol. The highest BCUT2D eigenvalue weighted by Crippen LogP contribution is 2.30. The average molecular weight is 293 g/mol. The van der Waals surface area contributed by atoms with E-state index in [1.807, 2.05) is 13.8 Å². The lowest BCUT2D eigenvalue weighted by molar-refractivity contribution is -0.118. The molecule has 118 valence electrons. The summed E-state index contributed by atoms with van der Waals surface area (Å²) in [6, 6.07) is 0. The molecular formula is C15H27N5O. The summed E-state index contributed by atoms with van der Waals surface area (Å²) in [7, 11) is 0. The van der Waals surface area contributed by atoms with Gasteiger partial charge in [-0.15, -0.1) is 0 Å². The van der Waals surface area contributed by atoms with Crippen molar-refractivity contribution in [1.29, 1.82) is 0 Å². The van der Waals surface area contributed by atoms with E-state index in [-0.39, 0.29) is 18.2 Å². The van der Waals surface area contributed by atoms with Crippen molar-refractivity contribution in [3.8, 4) is 0 Å². The van der Waals surface area contributed by atoms with Crippen LogP contribution >= 0.6 is 0 Å². The van der Waals surface area contributed by atoms with Crippen molar-refractivity contribution in [3.63, 3.8) is 0 Å². The van der Waals surface area contributed by atoms with Crippen molar-refractivity contribution < 1.29 is 4.79 Å². The lowest BCUT2D eigenvalue weighted by Gasteiger charge is -2.28. The minimum absolute atomic E-state index is 0.242. The zero-order chi connectivity index (χ0) is 16.0. The molecule has 6 nitrogen and oxygen atoms in total. The van der Waals surface area contributed by atoms with E-state index in [4.69, 9.17) is 5.73 Å². The second-order valence-corrected chi connectivity index (χ2v) is 6.22. The van der Waals surface area contributed by atoms with Crippen LogP contribution in [0.4, 0.5) is 11.6 Å². The Morgan fingerprint density at radius 2 is 1.95 bits per heavy atom. The van der Waals surface area contributed by atoms with Crippen LogP contribution in [0.5, 0.6) is 0 Å². The Hall–Kier alpha value is -1.85. The molecule has 1 rings (SSSR count). The Kier molecular flexibility index (Phi) is 5.93. The zero-order valence-corrected chi connectivity index (χ0v) is 13.7. The lowest BCUT2D eigenvalue weighted by Crippen LogP contribution is -2.36. The van der Waals surface area contributed by atoms with Crippen molar-refractivity contribution >= 4 is 17.5 Å². The molecule has 1 heterocycles. The SMILES string of the molecule is CCCNc1ncnc(NC(C)(C)CC(N)=O)c1C(C)C. The minimum atomic E-state index is -0.453. The lowest BCUT2D eigenvalue weighted by atomic mass is 9.98. The van der Waals surface area contributed by atoms with Crippen molar-refractivity contribution in [2.45, 2.75) is 58.9 Å². The highest BCUT2D eigenvalue weighted by molar-refractivity contribution is 5.76. The number of carbonyl (C=O) groups excluding carboxylic acids is 1.